The maximum Gasteiger partial charge on any atom is 0.243 e. The molecule has 1 N–H and O–H groups in total. The fourth-order valence-electron chi connectivity index (χ4n) is 1.97. The first kappa shape index (κ1) is 14.0. The standard InChI is InChI=1S/C12H22N2O3/c1-4-17-6-5-14-10(7-9(2)3)12(16)13-8-11(14)15/h9-10H,4-8H2,1-3H3,(H,13,16). The van der Waals surface area contributed by atoms with Crippen LogP contribution in [0.5, 0.6) is 0 Å². The van der Waals surface area contributed by atoms with Crippen LogP contribution in [-0.4, -0.2) is 49.1 Å². The van der Waals surface area contributed by atoms with Gasteiger partial charge in [-0.05, 0) is 19.3 Å². The van der Waals surface area contributed by atoms with Gasteiger partial charge in [-0.2, -0.15) is 0 Å². The third-order valence-electron chi connectivity index (χ3n) is 2.79. The summed E-state index contributed by atoms with van der Waals surface area (Å²) in [5.74, 6) is 0.316. The number of nitrogens with zero attached hydrogens (tertiary/aromatic N) is 1. The summed E-state index contributed by atoms with van der Waals surface area (Å²) in [5, 5.41) is 2.64. The number of nitrogens with one attached hydrogen (secondary N) is 1. The summed E-state index contributed by atoms with van der Waals surface area (Å²) >= 11 is 0. The number of carbonyl (C=O) groups is 2. The monoisotopic (exact) mass is 242 g/mol. The first-order valence-corrected chi connectivity index (χ1v) is 6.21. The minimum atomic E-state index is -0.336. The largest absolute Gasteiger partial charge is 0.380 e. The van der Waals surface area contributed by atoms with Crippen LogP contribution in [0.3, 0.4) is 0 Å². The molecular weight excluding hydrogens is 220 g/mol. The Morgan fingerprint density at radius 1 is 1.47 bits per heavy atom. The van der Waals surface area contributed by atoms with Gasteiger partial charge in [-0.15, -0.1) is 0 Å². The number of hydrogen-bond donors (Lipinski definition) is 1. The summed E-state index contributed by atoms with van der Waals surface area (Å²) < 4.78 is 5.25. The van der Waals surface area contributed by atoms with E-state index in [9.17, 15) is 9.59 Å². The van der Waals surface area contributed by atoms with Gasteiger partial charge in [-0.1, -0.05) is 13.8 Å². The summed E-state index contributed by atoms with van der Waals surface area (Å²) in [7, 11) is 0. The first-order valence-electron chi connectivity index (χ1n) is 6.21. The van der Waals surface area contributed by atoms with E-state index in [1.54, 1.807) is 4.90 Å². The molecule has 98 valence electrons. The van der Waals surface area contributed by atoms with Crippen molar-refractivity contribution in [2.45, 2.75) is 33.2 Å². The molecule has 0 spiro atoms. The third-order valence-corrected chi connectivity index (χ3v) is 2.79. The van der Waals surface area contributed by atoms with E-state index in [4.69, 9.17) is 4.74 Å². The van der Waals surface area contributed by atoms with Crippen molar-refractivity contribution in [3.63, 3.8) is 0 Å². The molecule has 1 aliphatic heterocycles. The van der Waals surface area contributed by atoms with Gasteiger partial charge >= 0.3 is 0 Å². The van der Waals surface area contributed by atoms with Crippen molar-refractivity contribution < 1.29 is 14.3 Å². The molecule has 5 heteroatoms. The Bertz CT molecular complexity index is 279. The summed E-state index contributed by atoms with van der Waals surface area (Å²) in [6.07, 6.45) is 0.698. The van der Waals surface area contributed by atoms with Crippen LogP contribution in [0.2, 0.25) is 0 Å². The van der Waals surface area contributed by atoms with E-state index in [2.05, 4.69) is 5.32 Å². The minimum Gasteiger partial charge on any atom is -0.380 e. The lowest BCUT2D eigenvalue weighted by atomic mass is 10.00. The molecule has 0 radical (unpaired) electrons. The Balaban J connectivity index is 2.63. The highest BCUT2D eigenvalue weighted by Crippen LogP contribution is 2.14. The van der Waals surface area contributed by atoms with Gasteiger partial charge < -0.3 is 15.0 Å². The molecule has 2 amide bonds. The van der Waals surface area contributed by atoms with Crippen LogP contribution in [0.25, 0.3) is 0 Å². The van der Waals surface area contributed by atoms with E-state index in [0.717, 1.165) is 0 Å². The number of amides is 2. The minimum absolute atomic E-state index is 0.0186. The second-order valence-electron chi connectivity index (χ2n) is 4.65. The zero-order chi connectivity index (χ0) is 12.8. The smallest absolute Gasteiger partial charge is 0.243 e. The van der Waals surface area contributed by atoms with Gasteiger partial charge in [0.15, 0.2) is 0 Å². The summed E-state index contributed by atoms with van der Waals surface area (Å²) in [6, 6.07) is -0.336. The predicted molar refractivity (Wildman–Crippen MR) is 64.5 cm³/mol. The molecule has 1 fully saturated rings. The third kappa shape index (κ3) is 4.00. The molecule has 0 aromatic heterocycles. The first-order chi connectivity index (χ1) is 8.06. The number of ether oxygens (including phenoxy) is 1. The van der Waals surface area contributed by atoms with Crippen molar-refractivity contribution in [1.82, 2.24) is 10.2 Å². The molecule has 5 nitrogen and oxygen atoms in total. The van der Waals surface area contributed by atoms with E-state index in [-0.39, 0.29) is 24.4 Å². The molecule has 1 aliphatic rings. The van der Waals surface area contributed by atoms with Gasteiger partial charge in [-0.25, -0.2) is 0 Å². The quantitative estimate of drug-likeness (QED) is 0.686. The van der Waals surface area contributed by atoms with Gasteiger partial charge in [0.25, 0.3) is 0 Å². The lowest BCUT2D eigenvalue weighted by Gasteiger charge is -2.35. The van der Waals surface area contributed by atoms with E-state index in [1.807, 2.05) is 20.8 Å². The van der Waals surface area contributed by atoms with Crippen molar-refractivity contribution in [3.8, 4) is 0 Å². The number of piperazine rings is 1. The lowest BCUT2D eigenvalue weighted by molar-refractivity contribution is -0.147. The van der Waals surface area contributed by atoms with Gasteiger partial charge in [0, 0.05) is 13.2 Å². The summed E-state index contributed by atoms with van der Waals surface area (Å²) in [6.45, 7) is 7.74. The van der Waals surface area contributed by atoms with Crippen molar-refractivity contribution in [2.75, 3.05) is 26.3 Å². The zero-order valence-electron chi connectivity index (χ0n) is 10.9. The Hall–Kier alpha value is -1.10. The van der Waals surface area contributed by atoms with Gasteiger partial charge in [-0.3, -0.25) is 9.59 Å². The highest BCUT2D eigenvalue weighted by Gasteiger charge is 2.34. The van der Waals surface area contributed by atoms with Crippen LogP contribution in [0.4, 0.5) is 0 Å². The van der Waals surface area contributed by atoms with E-state index in [1.165, 1.54) is 0 Å². The second-order valence-corrected chi connectivity index (χ2v) is 4.65. The van der Waals surface area contributed by atoms with Crippen LogP contribution in [0, 0.1) is 5.92 Å². The van der Waals surface area contributed by atoms with Gasteiger partial charge in [0.05, 0.1) is 13.2 Å². The van der Waals surface area contributed by atoms with Crippen LogP contribution >= 0.6 is 0 Å². The van der Waals surface area contributed by atoms with Gasteiger partial charge in [0.1, 0.15) is 6.04 Å². The highest BCUT2D eigenvalue weighted by molar-refractivity contribution is 5.94. The predicted octanol–water partition coefficient (Wildman–Crippen LogP) is 0.396. The van der Waals surface area contributed by atoms with E-state index in [0.29, 0.717) is 32.1 Å². The Morgan fingerprint density at radius 2 is 2.18 bits per heavy atom. The van der Waals surface area contributed by atoms with E-state index < -0.39 is 0 Å². The maximum atomic E-state index is 11.8. The molecule has 0 saturated carbocycles. The molecule has 0 aromatic rings. The molecule has 1 atom stereocenters. The average Bonchev–Trinajstić information content (AvgIpc) is 2.27. The number of rotatable bonds is 6. The van der Waals surface area contributed by atoms with Crippen LogP contribution in [0.1, 0.15) is 27.2 Å². The number of hydrogen-bond acceptors (Lipinski definition) is 3. The highest BCUT2D eigenvalue weighted by atomic mass is 16.5. The molecular formula is C12H22N2O3. The molecule has 0 bridgehead atoms. The lowest BCUT2D eigenvalue weighted by Crippen LogP contribution is -2.59. The molecule has 0 aromatic carbocycles. The molecule has 17 heavy (non-hydrogen) atoms. The summed E-state index contributed by atoms with van der Waals surface area (Å²) in [5.41, 5.74) is 0. The zero-order valence-corrected chi connectivity index (χ0v) is 10.9. The van der Waals surface area contributed by atoms with Crippen molar-refractivity contribution >= 4 is 11.8 Å². The van der Waals surface area contributed by atoms with Crippen LogP contribution in [0.15, 0.2) is 0 Å². The van der Waals surface area contributed by atoms with Crippen molar-refractivity contribution in [3.05, 3.63) is 0 Å². The Morgan fingerprint density at radius 3 is 2.76 bits per heavy atom. The normalized spacial score (nSPS) is 20.9. The second kappa shape index (κ2) is 6.59. The molecule has 0 aliphatic carbocycles. The van der Waals surface area contributed by atoms with Crippen LogP contribution in [-0.2, 0) is 14.3 Å². The topological polar surface area (TPSA) is 58.6 Å². The van der Waals surface area contributed by atoms with Crippen LogP contribution < -0.4 is 5.32 Å². The summed E-state index contributed by atoms with van der Waals surface area (Å²) in [4.78, 5) is 25.2. The van der Waals surface area contributed by atoms with Crippen molar-refractivity contribution in [1.29, 1.82) is 0 Å². The average molecular weight is 242 g/mol. The van der Waals surface area contributed by atoms with E-state index >= 15 is 0 Å². The SMILES string of the molecule is CCOCCN1C(=O)CNC(=O)C1CC(C)C. The molecule has 1 saturated heterocycles. The van der Waals surface area contributed by atoms with Gasteiger partial charge in [0.2, 0.25) is 11.8 Å². The fourth-order valence-corrected chi connectivity index (χ4v) is 1.97. The fraction of sp³-hybridized carbons (Fsp3) is 0.833. The molecule has 1 unspecified atom stereocenters. The molecule has 1 rings (SSSR count). The van der Waals surface area contributed by atoms with Crippen molar-refractivity contribution in [2.24, 2.45) is 5.92 Å². The molecule has 1 heterocycles. The number of carbonyl (C=O) groups excluding carboxylic acids is 2. The Kier molecular flexibility index (Phi) is 5.41. The maximum absolute atomic E-state index is 11.8. The Labute approximate surface area is 102 Å².